The van der Waals surface area contributed by atoms with Crippen LogP contribution in [0, 0.1) is 0 Å². The first-order valence-corrected chi connectivity index (χ1v) is 11.9. The van der Waals surface area contributed by atoms with Gasteiger partial charge in [-0.05, 0) is 24.6 Å². The highest BCUT2D eigenvalue weighted by Gasteiger charge is 2.31. The number of benzene rings is 1. The van der Waals surface area contributed by atoms with Gasteiger partial charge in [0.2, 0.25) is 15.9 Å². The van der Waals surface area contributed by atoms with Gasteiger partial charge in [0.15, 0.2) is 9.84 Å². The third kappa shape index (κ3) is 5.55. The number of sulfonamides is 1. The number of esters is 2. The van der Waals surface area contributed by atoms with Crippen LogP contribution in [-0.2, 0) is 34.1 Å². The molecule has 13 heteroatoms. The van der Waals surface area contributed by atoms with Crippen LogP contribution in [-0.4, -0.2) is 84.3 Å². The standard InChI is InChI=1S/C17H22N2O9S2/c1-19(9-15(20)18-13-4-5-29(23,24)10-13)30(25,26)14-7-11(16(21)27-2)6-12(8-14)17(22)28-3/h6-8,13H,4-5,9-10H2,1-3H3,(H,18,20). The number of hydrogen-bond acceptors (Lipinski definition) is 9. The molecule has 0 bridgehead atoms. The topological polar surface area (TPSA) is 153 Å². The molecule has 0 radical (unpaired) electrons. The molecule has 1 aliphatic rings. The van der Waals surface area contributed by atoms with E-state index in [4.69, 9.17) is 0 Å². The van der Waals surface area contributed by atoms with Gasteiger partial charge in [0, 0.05) is 13.1 Å². The van der Waals surface area contributed by atoms with E-state index >= 15 is 0 Å². The van der Waals surface area contributed by atoms with Gasteiger partial charge in [-0.2, -0.15) is 4.31 Å². The van der Waals surface area contributed by atoms with Gasteiger partial charge in [-0.1, -0.05) is 0 Å². The van der Waals surface area contributed by atoms with E-state index in [0.29, 0.717) is 0 Å². The predicted molar refractivity (Wildman–Crippen MR) is 104 cm³/mol. The van der Waals surface area contributed by atoms with E-state index in [1.165, 1.54) is 0 Å². The summed E-state index contributed by atoms with van der Waals surface area (Å²) in [5.74, 6) is -2.64. The first-order chi connectivity index (χ1) is 13.9. The SMILES string of the molecule is COC(=O)c1cc(C(=O)OC)cc(S(=O)(=O)N(C)CC(=O)NC2CCS(=O)(=O)C2)c1. The van der Waals surface area contributed by atoms with Crippen molar-refractivity contribution in [3.8, 4) is 0 Å². The molecule has 1 amide bonds. The molecule has 0 saturated carbocycles. The van der Waals surface area contributed by atoms with Gasteiger partial charge < -0.3 is 14.8 Å². The molecule has 1 N–H and O–H groups in total. The van der Waals surface area contributed by atoms with E-state index in [0.717, 1.165) is 43.8 Å². The molecule has 1 atom stereocenters. The van der Waals surface area contributed by atoms with Crippen LogP contribution in [0.15, 0.2) is 23.1 Å². The van der Waals surface area contributed by atoms with Gasteiger partial charge in [0.25, 0.3) is 0 Å². The number of ether oxygens (including phenoxy) is 2. The van der Waals surface area contributed by atoms with E-state index in [9.17, 15) is 31.2 Å². The van der Waals surface area contributed by atoms with Crippen LogP contribution in [0.25, 0.3) is 0 Å². The van der Waals surface area contributed by atoms with E-state index in [1.807, 2.05) is 0 Å². The summed E-state index contributed by atoms with van der Waals surface area (Å²) in [5.41, 5.74) is -0.374. The zero-order valence-corrected chi connectivity index (χ0v) is 18.2. The highest BCUT2D eigenvalue weighted by atomic mass is 32.2. The van der Waals surface area contributed by atoms with Gasteiger partial charge in [-0.25, -0.2) is 26.4 Å². The van der Waals surface area contributed by atoms with Crippen LogP contribution >= 0.6 is 0 Å². The number of carbonyl (C=O) groups excluding carboxylic acids is 3. The molecule has 0 aliphatic carbocycles. The number of nitrogens with one attached hydrogen (secondary N) is 1. The normalized spacial score (nSPS) is 18.1. The predicted octanol–water partition coefficient (Wildman–Crippen LogP) is -0.816. The summed E-state index contributed by atoms with van der Waals surface area (Å²) >= 11 is 0. The van der Waals surface area contributed by atoms with Crippen LogP contribution in [0.5, 0.6) is 0 Å². The number of likely N-dealkylation sites (N-methyl/N-ethyl adjacent to an activating group) is 1. The smallest absolute Gasteiger partial charge is 0.337 e. The lowest BCUT2D eigenvalue weighted by molar-refractivity contribution is -0.121. The summed E-state index contributed by atoms with van der Waals surface area (Å²) in [6.45, 7) is -0.588. The molecule has 1 saturated heterocycles. The van der Waals surface area contributed by atoms with Crippen molar-refractivity contribution in [1.82, 2.24) is 9.62 Å². The van der Waals surface area contributed by atoms with Crippen molar-refractivity contribution in [2.75, 3.05) is 39.3 Å². The molecule has 1 unspecified atom stereocenters. The first kappa shape index (κ1) is 23.8. The molecule has 0 spiro atoms. The molecule has 0 aromatic heterocycles. The molecular formula is C17H22N2O9S2. The number of carbonyl (C=O) groups is 3. The minimum absolute atomic E-state index is 0.0390. The second-order valence-electron chi connectivity index (χ2n) is 6.66. The summed E-state index contributed by atoms with van der Waals surface area (Å²) in [7, 11) is -4.15. The molecule has 1 aromatic rings. The molecule has 2 rings (SSSR count). The number of hydrogen-bond donors (Lipinski definition) is 1. The van der Waals surface area contributed by atoms with Crippen molar-refractivity contribution in [3.63, 3.8) is 0 Å². The van der Waals surface area contributed by atoms with Crippen molar-refractivity contribution in [2.45, 2.75) is 17.4 Å². The quantitative estimate of drug-likeness (QED) is 0.512. The number of nitrogens with zero attached hydrogens (tertiary/aromatic N) is 1. The Bertz CT molecular complexity index is 1030. The van der Waals surface area contributed by atoms with Crippen LogP contribution in [0.4, 0.5) is 0 Å². The Morgan fingerprint density at radius 1 is 1.10 bits per heavy atom. The third-order valence-electron chi connectivity index (χ3n) is 4.42. The average Bonchev–Trinajstić information content (AvgIpc) is 3.03. The second-order valence-corrected chi connectivity index (χ2v) is 10.9. The van der Waals surface area contributed by atoms with Crippen molar-refractivity contribution in [1.29, 1.82) is 0 Å². The molecule has 1 aromatic carbocycles. The Morgan fingerprint density at radius 3 is 2.07 bits per heavy atom. The molecule has 1 heterocycles. The van der Waals surface area contributed by atoms with Crippen molar-refractivity contribution < 1.29 is 40.7 Å². The largest absolute Gasteiger partial charge is 0.465 e. The molecule has 1 fully saturated rings. The monoisotopic (exact) mass is 462 g/mol. The maximum Gasteiger partial charge on any atom is 0.337 e. The van der Waals surface area contributed by atoms with E-state index < -0.39 is 55.2 Å². The second kappa shape index (κ2) is 9.10. The van der Waals surface area contributed by atoms with Gasteiger partial charge >= 0.3 is 11.9 Å². The highest BCUT2D eigenvalue weighted by molar-refractivity contribution is 7.91. The lowest BCUT2D eigenvalue weighted by atomic mass is 10.1. The lowest BCUT2D eigenvalue weighted by Crippen LogP contribution is -2.43. The summed E-state index contributed by atoms with van der Waals surface area (Å²) in [6, 6.07) is 2.59. The van der Waals surface area contributed by atoms with Crippen molar-refractivity contribution in [2.24, 2.45) is 0 Å². The number of rotatable bonds is 7. The first-order valence-electron chi connectivity index (χ1n) is 8.67. The van der Waals surface area contributed by atoms with Crippen LogP contribution < -0.4 is 5.32 Å². The maximum atomic E-state index is 12.9. The lowest BCUT2D eigenvalue weighted by Gasteiger charge is -2.19. The van der Waals surface area contributed by atoms with Gasteiger partial charge in [-0.15, -0.1) is 0 Å². The summed E-state index contributed by atoms with van der Waals surface area (Å²) < 4.78 is 58.6. The minimum Gasteiger partial charge on any atom is -0.465 e. The Morgan fingerprint density at radius 2 is 1.63 bits per heavy atom. The molecule has 166 valence electrons. The zero-order chi connectivity index (χ0) is 22.7. The van der Waals surface area contributed by atoms with Crippen LogP contribution in [0.2, 0.25) is 0 Å². The van der Waals surface area contributed by atoms with Gasteiger partial charge in [0.05, 0.1) is 48.3 Å². The Hall–Kier alpha value is -2.51. The fraction of sp³-hybridized carbons (Fsp3) is 0.471. The maximum absolute atomic E-state index is 12.9. The third-order valence-corrected chi connectivity index (χ3v) is 7.97. The molecule has 11 nitrogen and oxygen atoms in total. The summed E-state index contributed by atoms with van der Waals surface area (Å²) in [4.78, 5) is 35.5. The Labute approximate surface area is 174 Å². The van der Waals surface area contributed by atoms with Crippen LogP contribution in [0.1, 0.15) is 27.1 Å². The summed E-state index contributed by atoms with van der Waals surface area (Å²) in [6.07, 6.45) is 0.258. The van der Waals surface area contributed by atoms with Gasteiger partial charge in [-0.3, -0.25) is 4.79 Å². The molecule has 30 heavy (non-hydrogen) atoms. The highest BCUT2D eigenvalue weighted by Crippen LogP contribution is 2.20. The summed E-state index contributed by atoms with van der Waals surface area (Å²) in [5, 5.41) is 2.49. The Kier molecular flexibility index (Phi) is 7.21. The zero-order valence-electron chi connectivity index (χ0n) is 16.6. The average molecular weight is 463 g/mol. The number of amides is 1. The number of sulfone groups is 1. The van der Waals surface area contributed by atoms with Crippen LogP contribution in [0.3, 0.4) is 0 Å². The molecular weight excluding hydrogens is 440 g/mol. The van der Waals surface area contributed by atoms with E-state index in [1.54, 1.807) is 0 Å². The molecule has 1 aliphatic heterocycles. The Balaban J connectivity index is 2.25. The number of methoxy groups -OCH3 is 2. The van der Waals surface area contributed by atoms with Crippen molar-refractivity contribution in [3.05, 3.63) is 29.3 Å². The fourth-order valence-electron chi connectivity index (χ4n) is 2.87. The fourth-order valence-corrected chi connectivity index (χ4v) is 5.74. The van der Waals surface area contributed by atoms with Crippen molar-refractivity contribution >= 4 is 37.7 Å². The minimum atomic E-state index is -4.28. The van der Waals surface area contributed by atoms with E-state index in [-0.39, 0.29) is 29.1 Å². The van der Waals surface area contributed by atoms with Gasteiger partial charge in [0.1, 0.15) is 0 Å². The van der Waals surface area contributed by atoms with E-state index in [2.05, 4.69) is 14.8 Å².